The quantitative estimate of drug-likeness (QED) is 0.642. The number of carbonyl (C=O) groups is 1. The molecule has 1 heterocycles. The summed E-state index contributed by atoms with van der Waals surface area (Å²) in [6, 6.07) is 1.67. The molecule has 1 aromatic heterocycles. The van der Waals surface area contributed by atoms with E-state index in [-0.39, 0.29) is 5.91 Å². The van der Waals surface area contributed by atoms with Crippen LogP contribution in [0.25, 0.3) is 0 Å². The van der Waals surface area contributed by atoms with Crippen molar-refractivity contribution < 1.29 is 9.63 Å². The average Bonchev–Trinajstić information content (AvgIpc) is 2.63. The second-order valence-corrected chi connectivity index (χ2v) is 2.54. The molecule has 0 fully saturated rings. The summed E-state index contributed by atoms with van der Waals surface area (Å²) in [5.74, 6) is -0.241. The molecule has 0 saturated carbocycles. The summed E-state index contributed by atoms with van der Waals surface area (Å²) >= 11 is 0. The summed E-state index contributed by atoms with van der Waals surface area (Å²) in [5.41, 5.74) is 0.395. The van der Waals surface area contributed by atoms with Crippen molar-refractivity contribution in [2.24, 2.45) is 0 Å². The summed E-state index contributed by atoms with van der Waals surface area (Å²) in [7, 11) is 2.99. The van der Waals surface area contributed by atoms with Crippen LogP contribution in [0, 0.1) is 0 Å². The number of rotatable bonds is 3. The predicted molar refractivity (Wildman–Crippen MR) is 47.0 cm³/mol. The number of hydroxylamine groups is 2. The van der Waals surface area contributed by atoms with Gasteiger partial charge < -0.3 is 0 Å². The summed E-state index contributed by atoms with van der Waals surface area (Å²) in [4.78, 5) is 16.2. The van der Waals surface area contributed by atoms with Gasteiger partial charge in [-0.05, 0) is 13.0 Å². The fourth-order valence-electron chi connectivity index (χ4n) is 0.896. The van der Waals surface area contributed by atoms with Crippen LogP contribution >= 0.6 is 0 Å². The molecule has 0 atom stereocenters. The lowest BCUT2D eigenvalue weighted by molar-refractivity contribution is -0.0760. The Balaban J connectivity index is 2.77. The van der Waals surface area contributed by atoms with E-state index in [9.17, 15) is 4.79 Å². The first kappa shape index (κ1) is 9.73. The number of carbonyl (C=O) groups excluding carboxylic acids is 1. The van der Waals surface area contributed by atoms with Crippen LogP contribution in [0.4, 0.5) is 0 Å². The first-order valence-corrected chi connectivity index (χ1v) is 4.04. The number of aromatic nitrogens is 2. The first-order chi connectivity index (χ1) is 6.19. The molecule has 0 radical (unpaired) electrons. The van der Waals surface area contributed by atoms with Gasteiger partial charge in [0.15, 0.2) is 5.69 Å². The molecular weight excluding hydrogens is 170 g/mol. The van der Waals surface area contributed by atoms with E-state index in [1.807, 2.05) is 6.92 Å². The third-order valence-corrected chi connectivity index (χ3v) is 1.74. The normalized spacial score (nSPS) is 10.1. The molecule has 5 heteroatoms. The summed E-state index contributed by atoms with van der Waals surface area (Å²) in [6.07, 6.45) is 1.76. The van der Waals surface area contributed by atoms with Crippen LogP contribution in [0.15, 0.2) is 12.3 Å². The van der Waals surface area contributed by atoms with E-state index >= 15 is 0 Å². The van der Waals surface area contributed by atoms with E-state index in [0.717, 1.165) is 11.6 Å². The Morgan fingerprint density at radius 1 is 1.77 bits per heavy atom. The Morgan fingerprint density at radius 3 is 2.92 bits per heavy atom. The highest BCUT2D eigenvalue weighted by molar-refractivity contribution is 5.91. The van der Waals surface area contributed by atoms with Crippen molar-refractivity contribution in [1.82, 2.24) is 14.8 Å². The Hall–Kier alpha value is -1.36. The van der Waals surface area contributed by atoms with Crippen LogP contribution in [0.2, 0.25) is 0 Å². The minimum Gasteiger partial charge on any atom is -0.274 e. The Bertz CT molecular complexity index is 295. The van der Waals surface area contributed by atoms with Gasteiger partial charge >= 0.3 is 0 Å². The van der Waals surface area contributed by atoms with Gasteiger partial charge in [-0.2, -0.15) is 5.10 Å². The second-order valence-electron chi connectivity index (χ2n) is 2.54. The highest BCUT2D eigenvalue weighted by atomic mass is 16.7. The van der Waals surface area contributed by atoms with Crippen LogP contribution in [-0.2, 0) is 11.4 Å². The summed E-state index contributed by atoms with van der Waals surface area (Å²) in [5, 5.41) is 5.18. The first-order valence-electron chi connectivity index (χ1n) is 4.04. The van der Waals surface area contributed by atoms with Crippen LogP contribution in [0.1, 0.15) is 17.4 Å². The van der Waals surface area contributed by atoms with Crippen LogP contribution in [0.5, 0.6) is 0 Å². The molecule has 0 aliphatic carbocycles. The van der Waals surface area contributed by atoms with E-state index < -0.39 is 0 Å². The van der Waals surface area contributed by atoms with Gasteiger partial charge in [-0.1, -0.05) is 0 Å². The molecule has 13 heavy (non-hydrogen) atoms. The van der Waals surface area contributed by atoms with Gasteiger partial charge in [0.05, 0.1) is 7.11 Å². The van der Waals surface area contributed by atoms with Crippen molar-refractivity contribution in [3.8, 4) is 0 Å². The Kier molecular flexibility index (Phi) is 3.02. The summed E-state index contributed by atoms with van der Waals surface area (Å²) < 4.78 is 1.69. The monoisotopic (exact) mass is 183 g/mol. The predicted octanol–water partition coefficient (Wildman–Crippen LogP) is 0.536. The Morgan fingerprint density at radius 2 is 2.46 bits per heavy atom. The van der Waals surface area contributed by atoms with Gasteiger partial charge in [0.1, 0.15) is 0 Å². The zero-order chi connectivity index (χ0) is 9.84. The molecule has 0 aliphatic rings. The van der Waals surface area contributed by atoms with Gasteiger partial charge in [-0.3, -0.25) is 14.3 Å². The molecule has 0 unspecified atom stereocenters. The fourth-order valence-corrected chi connectivity index (χ4v) is 0.896. The van der Waals surface area contributed by atoms with Crippen molar-refractivity contribution in [2.45, 2.75) is 13.5 Å². The van der Waals surface area contributed by atoms with E-state index in [1.165, 1.54) is 7.11 Å². The number of hydrogen-bond acceptors (Lipinski definition) is 3. The number of aryl methyl sites for hydroxylation is 1. The van der Waals surface area contributed by atoms with Gasteiger partial charge in [-0.15, -0.1) is 0 Å². The highest BCUT2D eigenvalue weighted by Crippen LogP contribution is 2.00. The third-order valence-electron chi connectivity index (χ3n) is 1.74. The highest BCUT2D eigenvalue weighted by Gasteiger charge is 2.13. The molecule has 72 valence electrons. The van der Waals surface area contributed by atoms with Gasteiger partial charge in [0, 0.05) is 19.8 Å². The van der Waals surface area contributed by atoms with E-state index in [0.29, 0.717) is 5.69 Å². The molecule has 0 saturated heterocycles. The number of nitrogens with zero attached hydrogens (tertiary/aromatic N) is 3. The van der Waals surface area contributed by atoms with Gasteiger partial charge in [-0.25, -0.2) is 5.06 Å². The lowest BCUT2D eigenvalue weighted by atomic mass is 10.4. The van der Waals surface area contributed by atoms with Crippen molar-refractivity contribution >= 4 is 5.91 Å². The third kappa shape index (κ3) is 2.06. The van der Waals surface area contributed by atoms with Crippen LogP contribution in [-0.4, -0.2) is 34.9 Å². The number of amides is 1. The van der Waals surface area contributed by atoms with Crippen LogP contribution in [0.3, 0.4) is 0 Å². The van der Waals surface area contributed by atoms with Crippen molar-refractivity contribution in [1.29, 1.82) is 0 Å². The SMILES string of the molecule is CCn1ccc(C(=O)N(C)OC)n1. The molecule has 0 aliphatic heterocycles. The zero-order valence-corrected chi connectivity index (χ0v) is 8.02. The molecule has 0 aromatic carbocycles. The summed E-state index contributed by atoms with van der Waals surface area (Å²) in [6.45, 7) is 2.71. The van der Waals surface area contributed by atoms with E-state index in [1.54, 1.807) is 24.0 Å². The van der Waals surface area contributed by atoms with Crippen molar-refractivity contribution in [2.75, 3.05) is 14.2 Å². The minimum absolute atomic E-state index is 0.241. The standard InChI is InChI=1S/C8H13N3O2/c1-4-11-6-5-7(9-11)8(12)10(2)13-3/h5-6H,4H2,1-3H3. The lowest BCUT2D eigenvalue weighted by Gasteiger charge is -2.10. The molecule has 0 spiro atoms. The minimum atomic E-state index is -0.241. The van der Waals surface area contributed by atoms with Crippen molar-refractivity contribution in [3.05, 3.63) is 18.0 Å². The molecule has 1 rings (SSSR count). The second kappa shape index (κ2) is 4.04. The smallest absolute Gasteiger partial charge is 0.274 e. The fraction of sp³-hybridized carbons (Fsp3) is 0.500. The molecule has 0 N–H and O–H groups in total. The van der Waals surface area contributed by atoms with E-state index in [4.69, 9.17) is 4.84 Å². The molecular formula is C8H13N3O2. The van der Waals surface area contributed by atoms with Gasteiger partial charge in [0.2, 0.25) is 0 Å². The molecule has 5 nitrogen and oxygen atoms in total. The maximum atomic E-state index is 11.4. The maximum absolute atomic E-state index is 11.4. The zero-order valence-electron chi connectivity index (χ0n) is 8.02. The average molecular weight is 183 g/mol. The maximum Gasteiger partial charge on any atom is 0.297 e. The molecule has 1 amide bonds. The van der Waals surface area contributed by atoms with Crippen LogP contribution < -0.4 is 0 Å². The largest absolute Gasteiger partial charge is 0.297 e. The number of hydrogen-bond donors (Lipinski definition) is 0. The lowest BCUT2D eigenvalue weighted by Crippen LogP contribution is -2.25. The van der Waals surface area contributed by atoms with Gasteiger partial charge in [0.25, 0.3) is 5.91 Å². The molecule has 1 aromatic rings. The van der Waals surface area contributed by atoms with Crippen molar-refractivity contribution in [3.63, 3.8) is 0 Å². The van der Waals surface area contributed by atoms with E-state index in [2.05, 4.69) is 5.10 Å². The molecule has 0 bridgehead atoms. The topological polar surface area (TPSA) is 47.4 Å². The Labute approximate surface area is 76.9 Å².